The van der Waals surface area contributed by atoms with Crippen molar-refractivity contribution in [2.75, 3.05) is 18.1 Å². The lowest BCUT2D eigenvalue weighted by Gasteiger charge is -2.20. The predicted molar refractivity (Wildman–Crippen MR) is 109 cm³/mol. The van der Waals surface area contributed by atoms with Crippen LogP contribution in [0.4, 0.5) is 0 Å². The first-order chi connectivity index (χ1) is 13.2. The highest BCUT2D eigenvalue weighted by Gasteiger charge is 2.45. The molecule has 152 valence electrons. The Kier molecular flexibility index (Phi) is 6.12. The number of hydrogen-bond donors (Lipinski definition) is 1. The molecule has 0 bridgehead atoms. The van der Waals surface area contributed by atoms with E-state index in [1.807, 2.05) is 38.1 Å². The molecule has 3 rings (SSSR count). The molecule has 2 aromatic carbocycles. The highest BCUT2D eigenvalue weighted by atomic mass is 32.2. The summed E-state index contributed by atoms with van der Waals surface area (Å²) < 4.78 is 56.1. The van der Waals surface area contributed by atoms with Gasteiger partial charge < -0.3 is 10.1 Å². The summed E-state index contributed by atoms with van der Waals surface area (Å²) >= 11 is 0. The molecular formula is C20H25NO5S2. The fourth-order valence-electron chi connectivity index (χ4n) is 3.43. The maximum atomic E-state index is 13.1. The van der Waals surface area contributed by atoms with Crippen molar-refractivity contribution in [3.63, 3.8) is 0 Å². The number of aryl methyl sites for hydroxylation is 1. The Bertz CT molecular complexity index is 1030. The van der Waals surface area contributed by atoms with Crippen molar-refractivity contribution in [3.05, 3.63) is 59.7 Å². The van der Waals surface area contributed by atoms with Crippen molar-refractivity contribution >= 4 is 19.7 Å². The molecule has 1 aliphatic heterocycles. The largest absolute Gasteiger partial charge is 0.494 e. The van der Waals surface area contributed by atoms with E-state index in [0.717, 1.165) is 11.1 Å². The summed E-state index contributed by atoms with van der Waals surface area (Å²) in [5, 5.41) is 2.15. The van der Waals surface area contributed by atoms with Gasteiger partial charge in [0.1, 0.15) is 5.75 Å². The third-order valence-electron chi connectivity index (χ3n) is 4.98. The highest BCUT2D eigenvalue weighted by Crippen LogP contribution is 2.27. The number of ether oxygens (including phenoxy) is 1. The molecule has 8 heteroatoms. The van der Waals surface area contributed by atoms with Crippen LogP contribution in [0.15, 0.2) is 53.4 Å². The van der Waals surface area contributed by atoms with Gasteiger partial charge in [0, 0.05) is 12.6 Å². The van der Waals surface area contributed by atoms with Crippen LogP contribution in [0.3, 0.4) is 0 Å². The molecule has 0 spiro atoms. The van der Waals surface area contributed by atoms with E-state index in [1.54, 1.807) is 12.1 Å². The van der Waals surface area contributed by atoms with Gasteiger partial charge in [-0.2, -0.15) is 0 Å². The van der Waals surface area contributed by atoms with E-state index in [9.17, 15) is 16.8 Å². The highest BCUT2D eigenvalue weighted by molar-refractivity contribution is 7.96. The van der Waals surface area contributed by atoms with Gasteiger partial charge in [0.15, 0.2) is 19.7 Å². The van der Waals surface area contributed by atoms with Gasteiger partial charge in [-0.3, -0.25) is 0 Å². The quantitative estimate of drug-likeness (QED) is 0.734. The summed E-state index contributed by atoms with van der Waals surface area (Å²) in [6.07, 6.45) is 0. The van der Waals surface area contributed by atoms with E-state index in [1.165, 1.54) is 12.1 Å². The van der Waals surface area contributed by atoms with Gasteiger partial charge in [0.2, 0.25) is 0 Å². The van der Waals surface area contributed by atoms with Crippen molar-refractivity contribution in [1.29, 1.82) is 0 Å². The molecule has 1 saturated heterocycles. The Morgan fingerprint density at radius 1 is 1.07 bits per heavy atom. The van der Waals surface area contributed by atoms with Gasteiger partial charge in [-0.25, -0.2) is 16.8 Å². The number of benzene rings is 2. The molecule has 0 aromatic heterocycles. The summed E-state index contributed by atoms with van der Waals surface area (Å²) in [5.74, 6) is 0.0306. The molecule has 2 aromatic rings. The SMILES string of the molecule is CCOc1ccc(S(=O)(=O)[C@@H]2CS(=O)(=O)C[C@H]2NCc2ccccc2C)cc1. The van der Waals surface area contributed by atoms with Crippen molar-refractivity contribution in [2.45, 2.75) is 36.6 Å². The van der Waals surface area contributed by atoms with Crippen molar-refractivity contribution < 1.29 is 21.6 Å². The molecule has 1 heterocycles. The molecule has 1 N–H and O–H groups in total. The van der Waals surface area contributed by atoms with Crippen molar-refractivity contribution in [3.8, 4) is 5.75 Å². The normalized spacial score (nSPS) is 21.5. The maximum Gasteiger partial charge on any atom is 0.183 e. The van der Waals surface area contributed by atoms with Crippen LogP contribution < -0.4 is 10.1 Å². The Balaban J connectivity index is 1.83. The standard InChI is InChI=1S/C20H25NO5S2/c1-3-26-17-8-10-18(11-9-17)28(24,25)20-14-27(22,23)13-19(20)21-12-16-7-5-4-6-15(16)2/h4-11,19-21H,3,12-14H2,1-2H3/t19-,20-/m1/s1. The lowest BCUT2D eigenvalue weighted by molar-refractivity contribution is 0.340. The molecule has 28 heavy (non-hydrogen) atoms. The molecule has 2 atom stereocenters. The minimum Gasteiger partial charge on any atom is -0.494 e. The molecule has 6 nitrogen and oxygen atoms in total. The summed E-state index contributed by atoms with van der Waals surface area (Å²) in [7, 11) is -7.24. The van der Waals surface area contributed by atoms with E-state index in [-0.39, 0.29) is 16.4 Å². The first-order valence-electron chi connectivity index (χ1n) is 9.18. The Morgan fingerprint density at radius 2 is 1.75 bits per heavy atom. The molecular weight excluding hydrogens is 398 g/mol. The molecule has 0 saturated carbocycles. The molecule has 1 fully saturated rings. The van der Waals surface area contributed by atoms with Gasteiger partial charge in [-0.1, -0.05) is 24.3 Å². The molecule has 0 unspecified atom stereocenters. The monoisotopic (exact) mass is 423 g/mol. The number of hydrogen-bond acceptors (Lipinski definition) is 6. The van der Waals surface area contributed by atoms with Crippen LogP contribution in [0, 0.1) is 6.92 Å². The van der Waals surface area contributed by atoms with Crippen LogP contribution in [0.5, 0.6) is 5.75 Å². The Hall–Kier alpha value is -1.90. The van der Waals surface area contributed by atoms with Crippen molar-refractivity contribution in [1.82, 2.24) is 5.32 Å². The van der Waals surface area contributed by atoms with E-state index in [0.29, 0.717) is 18.9 Å². The van der Waals surface area contributed by atoms with Crippen LogP contribution in [-0.2, 0) is 26.2 Å². The predicted octanol–water partition coefficient (Wildman–Crippen LogP) is 2.12. The van der Waals surface area contributed by atoms with E-state index in [2.05, 4.69) is 5.32 Å². The van der Waals surface area contributed by atoms with Gasteiger partial charge in [-0.15, -0.1) is 0 Å². The topological polar surface area (TPSA) is 89.5 Å². The van der Waals surface area contributed by atoms with E-state index in [4.69, 9.17) is 4.74 Å². The van der Waals surface area contributed by atoms with Gasteiger partial charge in [-0.05, 0) is 49.2 Å². The van der Waals surface area contributed by atoms with Gasteiger partial charge in [0.05, 0.1) is 28.3 Å². The van der Waals surface area contributed by atoms with Crippen LogP contribution in [0.1, 0.15) is 18.1 Å². The minimum atomic E-state index is -3.80. The number of rotatable bonds is 7. The summed E-state index contributed by atoms with van der Waals surface area (Å²) in [6.45, 7) is 4.72. The third-order valence-corrected chi connectivity index (χ3v) is 9.14. The zero-order chi connectivity index (χ0) is 20.4. The lowest BCUT2D eigenvalue weighted by Crippen LogP contribution is -2.43. The zero-order valence-electron chi connectivity index (χ0n) is 16.0. The Labute approximate surface area is 166 Å². The lowest BCUT2D eigenvalue weighted by atomic mass is 10.1. The minimum absolute atomic E-state index is 0.112. The third kappa shape index (κ3) is 4.56. The van der Waals surface area contributed by atoms with Gasteiger partial charge in [0.25, 0.3) is 0 Å². The fourth-order valence-corrected chi connectivity index (χ4v) is 8.14. The summed E-state index contributed by atoms with van der Waals surface area (Å²) in [4.78, 5) is 0.112. The van der Waals surface area contributed by atoms with E-state index < -0.39 is 31.0 Å². The molecule has 0 radical (unpaired) electrons. The first-order valence-corrected chi connectivity index (χ1v) is 12.5. The Morgan fingerprint density at radius 3 is 2.39 bits per heavy atom. The number of nitrogens with one attached hydrogen (secondary N) is 1. The fraction of sp³-hybridized carbons (Fsp3) is 0.400. The molecule has 0 amide bonds. The summed E-state index contributed by atoms with van der Waals surface area (Å²) in [5.41, 5.74) is 2.09. The van der Waals surface area contributed by atoms with Crippen LogP contribution in [0.2, 0.25) is 0 Å². The second-order valence-electron chi connectivity index (χ2n) is 6.98. The van der Waals surface area contributed by atoms with Crippen molar-refractivity contribution in [2.24, 2.45) is 0 Å². The first kappa shape index (κ1) is 20.8. The second-order valence-corrected chi connectivity index (χ2v) is 11.3. The second kappa shape index (κ2) is 8.23. The molecule has 1 aliphatic rings. The van der Waals surface area contributed by atoms with Crippen LogP contribution in [-0.4, -0.2) is 46.2 Å². The smallest absolute Gasteiger partial charge is 0.183 e. The summed E-state index contributed by atoms with van der Waals surface area (Å²) in [6, 6.07) is 13.2. The number of sulfone groups is 2. The zero-order valence-corrected chi connectivity index (χ0v) is 17.6. The van der Waals surface area contributed by atoms with Crippen LogP contribution in [0.25, 0.3) is 0 Å². The molecule has 0 aliphatic carbocycles. The average Bonchev–Trinajstić information content (AvgIpc) is 2.97. The van der Waals surface area contributed by atoms with E-state index >= 15 is 0 Å². The van der Waals surface area contributed by atoms with Crippen LogP contribution >= 0.6 is 0 Å². The van der Waals surface area contributed by atoms with Gasteiger partial charge >= 0.3 is 0 Å². The average molecular weight is 424 g/mol. The maximum absolute atomic E-state index is 13.1.